The number of hydrogen-bond acceptors (Lipinski definition) is 2. The lowest BCUT2D eigenvalue weighted by Crippen LogP contribution is -2.51. The maximum Gasteiger partial charge on any atom is 0.0645 e. The first-order valence-corrected chi connectivity index (χ1v) is 5.61. The van der Waals surface area contributed by atoms with E-state index in [-0.39, 0.29) is 0 Å². The van der Waals surface area contributed by atoms with Crippen LogP contribution >= 0.6 is 0 Å². The molecule has 2 fully saturated rings. The standard InChI is InChI=1S/C11H21NO/c1-9(2)6-10-4-3-5-12(10)11-7-13-8-11/h9-11H,3-8H2,1-2H3. The maximum absolute atomic E-state index is 5.26. The number of rotatable bonds is 3. The van der Waals surface area contributed by atoms with Crippen molar-refractivity contribution in [2.75, 3.05) is 19.8 Å². The molecule has 0 bridgehead atoms. The molecule has 0 spiro atoms. The van der Waals surface area contributed by atoms with Crippen LogP contribution in [0.4, 0.5) is 0 Å². The van der Waals surface area contributed by atoms with Crippen molar-refractivity contribution in [3.05, 3.63) is 0 Å². The van der Waals surface area contributed by atoms with Crippen LogP contribution in [0.2, 0.25) is 0 Å². The van der Waals surface area contributed by atoms with Crippen molar-refractivity contribution in [2.24, 2.45) is 5.92 Å². The maximum atomic E-state index is 5.26. The molecule has 0 aromatic carbocycles. The summed E-state index contributed by atoms with van der Waals surface area (Å²) >= 11 is 0. The van der Waals surface area contributed by atoms with Crippen molar-refractivity contribution in [2.45, 2.75) is 45.2 Å². The molecule has 2 aliphatic heterocycles. The molecule has 1 unspecified atom stereocenters. The summed E-state index contributed by atoms with van der Waals surface area (Å²) < 4.78 is 5.26. The summed E-state index contributed by atoms with van der Waals surface area (Å²) in [5.74, 6) is 0.839. The topological polar surface area (TPSA) is 12.5 Å². The third kappa shape index (κ3) is 2.05. The summed E-state index contributed by atoms with van der Waals surface area (Å²) in [6, 6.07) is 1.61. The molecule has 0 aliphatic carbocycles. The van der Waals surface area contributed by atoms with Crippen LogP contribution in [-0.4, -0.2) is 36.7 Å². The highest BCUT2D eigenvalue weighted by Gasteiger charge is 2.34. The average molecular weight is 183 g/mol. The largest absolute Gasteiger partial charge is 0.378 e. The minimum atomic E-state index is 0.756. The van der Waals surface area contributed by atoms with E-state index in [4.69, 9.17) is 4.74 Å². The molecule has 2 heteroatoms. The summed E-state index contributed by atoms with van der Waals surface area (Å²) in [5.41, 5.74) is 0. The Morgan fingerprint density at radius 3 is 2.69 bits per heavy atom. The Morgan fingerprint density at radius 2 is 2.15 bits per heavy atom. The molecule has 1 atom stereocenters. The highest BCUT2D eigenvalue weighted by atomic mass is 16.5. The first kappa shape index (κ1) is 9.47. The van der Waals surface area contributed by atoms with E-state index in [1.165, 1.54) is 25.8 Å². The number of ether oxygens (including phenoxy) is 1. The zero-order valence-corrected chi connectivity index (χ0v) is 8.83. The van der Waals surface area contributed by atoms with Crippen molar-refractivity contribution in [1.29, 1.82) is 0 Å². The second-order valence-corrected chi connectivity index (χ2v) is 4.85. The Bertz CT molecular complexity index is 165. The predicted molar refractivity (Wildman–Crippen MR) is 53.8 cm³/mol. The molecule has 0 saturated carbocycles. The number of nitrogens with zero attached hydrogens (tertiary/aromatic N) is 1. The first-order chi connectivity index (χ1) is 6.27. The van der Waals surface area contributed by atoms with Crippen LogP contribution in [0.3, 0.4) is 0 Å². The monoisotopic (exact) mass is 183 g/mol. The summed E-state index contributed by atoms with van der Waals surface area (Å²) in [4.78, 5) is 2.68. The molecule has 76 valence electrons. The quantitative estimate of drug-likeness (QED) is 0.662. The Labute approximate surface area is 81.3 Å². The fourth-order valence-electron chi connectivity index (χ4n) is 2.55. The van der Waals surface area contributed by atoms with E-state index in [9.17, 15) is 0 Å². The van der Waals surface area contributed by atoms with Crippen molar-refractivity contribution < 1.29 is 4.74 Å². The van der Waals surface area contributed by atoms with E-state index in [0.29, 0.717) is 0 Å². The Hall–Kier alpha value is -0.0800. The van der Waals surface area contributed by atoms with Crippen LogP contribution in [0, 0.1) is 5.92 Å². The van der Waals surface area contributed by atoms with Crippen molar-refractivity contribution >= 4 is 0 Å². The fourth-order valence-corrected chi connectivity index (χ4v) is 2.55. The molecule has 0 amide bonds. The van der Waals surface area contributed by atoms with E-state index in [1.807, 2.05) is 0 Å². The van der Waals surface area contributed by atoms with Crippen LogP contribution < -0.4 is 0 Å². The molecule has 2 aliphatic rings. The molecular formula is C11H21NO. The van der Waals surface area contributed by atoms with E-state index < -0.39 is 0 Å². The summed E-state index contributed by atoms with van der Waals surface area (Å²) in [6.07, 6.45) is 4.18. The lowest BCUT2D eigenvalue weighted by molar-refractivity contribution is -0.0710. The normalized spacial score (nSPS) is 31.2. The Balaban J connectivity index is 1.85. The summed E-state index contributed by atoms with van der Waals surface area (Å²) in [5, 5.41) is 0. The molecule has 0 N–H and O–H groups in total. The molecular weight excluding hydrogens is 162 g/mol. The van der Waals surface area contributed by atoms with E-state index >= 15 is 0 Å². The van der Waals surface area contributed by atoms with Gasteiger partial charge in [0.25, 0.3) is 0 Å². The molecule has 0 aromatic heterocycles. The third-order valence-corrected chi connectivity index (χ3v) is 3.26. The van der Waals surface area contributed by atoms with Gasteiger partial charge < -0.3 is 4.74 Å². The van der Waals surface area contributed by atoms with Crippen molar-refractivity contribution in [3.63, 3.8) is 0 Å². The smallest absolute Gasteiger partial charge is 0.0645 e. The van der Waals surface area contributed by atoms with Gasteiger partial charge in [-0.05, 0) is 31.7 Å². The zero-order chi connectivity index (χ0) is 9.26. The lowest BCUT2D eigenvalue weighted by atomic mass is 10.0. The number of likely N-dealkylation sites (tertiary alicyclic amines) is 1. The average Bonchev–Trinajstić information content (AvgIpc) is 2.32. The molecule has 0 aromatic rings. The second kappa shape index (κ2) is 3.97. The predicted octanol–water partition coefficient (Wildman–Crippen LogP) is 1.90. The van der Waals surface area contributed by atoms with Gasteiger partial charge in [-0.1, -0.05) is 13.8 Å². The zero-order valence-electron chi connectivity index (χ0n) is 8.83. The highest BCUT2D eigenvalue weighted by Crippen LogP contribution is 2.27. The van der Waals surface area contributed by atoms with Gasteiger partial charge in [-0.15, -0.1) is 0 Å². The molecule has 13 heavy (non-hydrogen) atoms. The van der Waals surface area contributed by atoms with Crippen LogP contribution in [0.25, 0.3) is 0 Å². The molecule has 0 radical (unpaired) electrons. The third-order valence-electron chi connectivity index (χ3n) is 3.26. The van der Waals surface area contributed by atoms with E-state index in [2.05, 4.69) is 18.7 Å². The Kier molecular flexibility index (Phi) is 2.89. The van der Waals surface area contributed by atoms with Gasteiger partial charge >= 0.3 is 0 Å². The van der Waals surface area contributed by atoms with Crippen LogP contribution in [0.1, 0.15) is 33.1 Å². The van der Waals surface area contributed by atoms with Crippen LogP contribution in [0.5, 0.6) is 0 Å². The number of hydrogen-bond donors (Lipinski definition) is 0. The van der Waals surface area contributed by atoms with Gasteiger partial charge in [0.05, 0.1) is 19.3 Å². The Morgan fingerprint density at radius 1 is 1.38 bits per heavy atom. The van der Waals surface area contributed by atoms with Gasteiger partial charge in [0.1, 0.15) is 0 Å². The van der Waals surface area contributed by atoms with Gasteiger partial charge in [-0.3, -0.25) is 4.90 Å². The fraction of sp³-hybridized carbons (Fsp3) is 1.00. The first-order valence-electron chi connectivity index (χ1n) is 5.61. The molecule has 2 heterocycles. The highest BCUT2D eigenvalue weighted by molar-refractivity contribution is 4.88. The summed E-state index contributed by atoms with van der Waals surface area (Å²) in [7, 11) is 0. The minimum Gasteiger partial charge on any atom is -0.378 e. The van der Waals surface area contributed by atoms with Gasteiger partial charge in [-0.25, -0.2) is 0 Å². The van der Waals surface area contributed by atoms with Gasteiger partial charge in [0.15, 0.2) is 0 Å². The van der Waals surface area contributed by atoms with Crippen molar-refractivity contribution in [1.82, 2.24) is 4.90 Å². The summed E-state index contributed by atoms with van der Waals surface area (Å²) in [6.45, 7) is 7.93. The van der Waals surface area contributed by atoms with Gasteiger partial charge in [0, 0.05) is 6.04 Å². The van der Waals surface area contributed by atoms with Gasteiger partial charge in [0.2, 0.25) is 0 Å². The minimum absolute atomic E-state index is 0.756. The van der Waals surface area contributed by atoms with E-state index in [1.54, 1.807) is 0 Å². The van der Waals surface area contributed by atoms with Crippen LogP contribution in [0.15, 0.2) is 0 Å². The van der Waals surface area contributed by atoms with Crippen LogP contribution in [-0.2, 0) is 4.74 Å². The second-order valence-electron chi connectivity index (χ2n) is 4.85. The van der Waals surface area contributed by atoms with E-state index in [0.717, 1.165) is 31.2 Å². The lowest BCUT2D eigenvalue weighted by Gasteiger charge is -2.38. The van der Waals surface area contributed by atoms with Gasteiger partial charge in [-0.2, -0.15) is 0 Å². The molecule has 2 nitrogen and oxygen atoms in total. The SMILES string of the molecule is CC(C)CC1CCCN1C1COC1. The van der Waals surface area contributed by atoms with Crippen molar-refractivity contribution in [3.8, 4) is 0 Å². The molecule has 2 saturated heterocycles. The molecule has 2 rings (SSSR count).